The Bertz CT molecular complexity index is 1600. The van der Waals surface area contributed by atoms with Gasteiger partial charge in [0, 0.05) is 11.1 Å². The van der Waals surface area contributed by atoms with E-state index in [-0.39, 0.29) is 0 Å². The van der Waals surface area contributed by atoms with Gasteiger partial charge in [-0.2, -0.15) is 0 Å². The molecule has 2 aromatic heterocycles. The summed E-state index contributed by atoms with van der Waals surface area (Å²) >= 11 is 0.892. The summed E-state index contributed by atoms with van der Waals surface area (Å²) in [6, 6.07) is 9.27. The minimum Gasteiger partial charge on any atom is -0.394 e. The second-order valence-corrected chi connectivity index (χ2v) is 11.9. The van der Waals surface area contributed by atoms with Crippen LogP contribution in [0.25, 0.3) is 22.5 Å². The number of rotatable bonds is 7. The average molecular weight is 633 g/mol. The van der Waals surface area contributed by atoms with Crippen LogP contribution in [0.1, 0.15) is 19.0 Å². The third-order valence-electron chi connectivity index (χ3n) is 7.80. The Kier molecular flexibility index (Phi) is 8.76. The van der Waals surface area contributed by atoms with Crippen LogP contribution in [0.4, 0.5) is 8.78 Å². The Balaban J connectivity index is 1.23. The van der Waals surface area contributed by atoms with E-state index in [1.807, 2.05) is 0 Å². The molecule has 2 saturated heterocycles. The number of hydrogen-bond acceptors (Lipinski definition) is 12. The van der Waals surface area contributed by atoms with Crippen LogP contribution in [0, 0.1) is 11.6 Å². The summed E-state index contributed by atoms with van der Waals surface area (Å²) in [7, 11) is 0. The Morgan fingerprint density at radius 3 is 1.75 bits per heavy atom. The first kappa shape index (κ1) is 30.7. The van der Waals surface area contributed by atoms with Gasteiger partial charge < -0.3 is 35.0 Å². The molecule has 16 heteroatoms. The highest BCUT2D eigenvalue weighted by molar-refractivity contribution is 8.00. The molecular weight excluding hydrogens is 602 g/mol. The summed E-state index contributed by atoms with van der Waals surface area (Å²) in [6.07, 6.45) is -4.49. The summed E-state index contributed by atoms with van der Waals surface area (Å²) < 4.78 is 41.8. The molecule has 2 fully saturated rings. The summed E-state index contributed by atoms with van der Waals surface area (Å²) in [4.78, 5) is 0. The number of benzene rings is 2. The van der Waals surface area contributed by atoms with Crippen molar-refractivity contribution in [2.45, 2.75) is 66.5 Å². The van der Waals surface area contributed by atoms with Crippen LogP contribution in [0.3, 0.4) is 0 Å². The van der Waals surface area contributed by atoms with Crippen molar-refractivity contribution >= 4 is 11.8 Å². The Morgan fingerprint density at radius 2 is 1.25 bits per heavy atom. The van der Waals surface area contributed by atoms with Crippen molar-refractivity contribution < 1.29 is 43.8 Å². The smallest absolute Gasteiger partial charge is 0.134 e. The molecule has 2 aliphatic rings. The molecule has 0 spiro atoms. The molecule has 4 aromatic rings. The molecule has 0 radical (unpaired) electrons. The lowest BCUT2D eigenvalue weighted by Crippen LogP contribution is -2.57. The summed E-state index contributed by atoms with van der Waals surface area (Å²) in [5, 5.41) is 70.9. The first-order valence-electron chi connectivity index (χ1n) is 13.8. The molecule has 0 amide bonds. The summed E-state index contributed by atoms with van der Waals surface area (Å²) in [5.74, 6) is -0.931. The minimum absolute atomic E-state index is 0.294. The van der Waals surface area contributed by atoms with E-state index in [1.54, 1.807) is 19.1 Å². The van der Waals surface area contributed by atoms with Crippen molar-refractivity contribution in [3.63, 3.8) is 0 Å². The molecule has 4 heterocycles. The zero-order valence-electron chi connectivity index (χ0n) is 23.2. The molecule has 44 heavy (non-hydrogen) atoms. The van der Waals surface area contributed by atoms with Crippen LogP contribution in [-0.4, -0.2) is 110 Å². The van der Waals surface area contributed by atoms with Crippen molar-refractivity contribution in [3.8, 4) is 22.5 Å². The predicted octanol–water partition coefficient (Wildman–Crippen LogP) is 0.903. The van der Waals surface area contributed by atoms with Gasteiger partial charge in [-0.15, -0.1) is 10.2 Å². The fraction of sp³-hybridized carbons (Fsp3) is 0.429. The first-order valence-corrected chi connectivity index (χ1v) is 14.7. The number of aliphatic hydroxyl groups is 5. The number of aromatic nitrogens is 6. The van der Waals surface area contributed by atoms with Crippen molar-refractivity contribution in [3.05, 3.63) is 72.6 Å². The van der Waals surface area contributed by atoms with Gasteiger partial charge in [-0.25, -0.2) is 18.1 Å². The fourth-order valence-corrected chi connectivity index (χ4v) is 6.82. The van der Waals surface area contributed by atoms with Crippen molar-refractivity contribution in [2.75, 3.05) is 6.61 Å². The summed E-state index contributed by atoms with van der Waals surface area (Å²) in [6.45, 7) is 1.01. The van der Waals surface area contributed by atoms with Crippen LogP contribution >= 0.6 is 11.8 Å². The molecule has 2 aliphatic heterocycles. The van der Waals surface area contributed by atoms with Crippen LogP contribution in [-0.2, 0) is 9.47 Å². The number of hydrogen-bond donors (Lipinski definition) is 5. The normalized spacial score (nSPS) is 32.5. The SMILES string of the molecule is C[C@H]1O[C@@H](S[C@@H]2O[C@H](CO)[C@H](O)[C@H](n3cc(-c4cccc(F)c4)nn3)[C@H]2O)[C@H](O)[C@@H](n2cc(-c3cccc(F)c3)nn2)[C@H]1O. The van der Waals surface area contributed by atoms with Crippen molar-refractivity contribution in [1.29, 1.82) is 0 Å². The topological polar surface area (TPSA) is 181 Å². The molecule has 5 N–H and O–H groups in total. The van der Waals surface area contributed by atoms with E-state index in [9.17, 15) is 34.3 Å². The molecule has 234 valence electrons. The maximum absolute atomic E-state index is 13.8. The van der Waals surface area contributed by atoms with E-state index in [4.69, 9.17) is 9.47 Å². The second kappa shape index (κ2) is 12.6. The highest BCUT2D eigenvalue weighted by Crippen LogP contribution is 2.42. The van der Waals surface area contributed by atoms with Gasteiger partial charge in [-0.1, -0.05) is 46.5 Å². The molecular formula is C28H30F2N6O7S. The van der Waals surface area contributed by atoms with E-state index >= 15 is 0 Å². The predicted molar refractivity (Wildman–Crippen MR) is 151 cm³/mol. The Hall–Kier alpha value is -3.35. The minimum atomic E-state index is -1.44. The maximum atomic E-state index is 13.8. The van der Waals surface area contributed by atoms with Crippen LogP contribution < -0.4 is 0 Å². The number of nitrogens with zero attached hydrogens (tertiary/aromatic N) is 6. The van der Waals surface area contributed by atoms with Gasteiger partial charge in [0.15, 0.2) is 0 Å². The molecule has 10 atom stereocenters. The van der Waals surface area contributed by atoms with Gasteiger partial charge in [-0.05, 0) is 31.2 Å². The Morgan fingerprint density at radius 1 is 0.750 bits per heavy atom. The highest BCUT2D eigenvalue weighted by atomic mass is 32.2. The molecule has 6 rings (SSSR count). The standard InChI is InChI=1S/C28H30F2N6O7S/c1-13-23(38)21(35-10-18(31-33-35)14-4-2-6-16(29)8-14)25(40)27(42-13)44-28-26(41)22(24(39)20(12-37)43-28)36-11-19(32-34-36)15-5-3-7-17(30)9-15/h2-11,13,20-28,37-41H,12H2,1H3/t13-,20-,21+,22+,23+,24+,25-,26-,27+,28+/m1/s1. The highest BCUT2D eigenvalue weighted by Gasteiger charge is 2.51. The van der Waals surface area contributed by atoms with E-state index in [1.165, 1.54) is 58.2 Å². The lowest BCUT2D eigenvalue weighted by atomic mass is 9.97. The molecule has 0 aliphatic carbocycles. The number of thioether (sulfide) groups is 1. The van der Waals surface area contributed by atoms with Gasteiger partial charge in [0.1, 0.15) is 76.5 Å². The van der Waals surface area contributed by atoms with Gasteiger partial charge in [0.25, 0.3) is 0 Å². The van der Waals surface area contributed by atoms with Crippen molar-refractivity contribution in [2.24, 2.45) is 0 Å². The molecule has 0 unspecified atom stereocenters. The summed E-state index contributed by atoms with van der Waals surface area (Å²) in [5.41, 5.74) is -0.716. The van der Waals surface area contributed by atoms with E-state index < -0.39 is 77.8 Å². The van der Waals surface area contributed by atoms with Gasteiger partial charge in [0.2, 0.25) is 0 Å². The molecule has 13 nitrogen and oxygen atoms in total. The molecule has 2 aromatic carbocycles. The van der Waals surface area contributed by atoms with E-state index in [2.05, 4.69) is 20.6 Å². The van der Waals surface area contributed by atoms with Gasteiger partial charge >= 0.3 is 0 Å². The van der Waals surface area contributed by atoms with E-state index in [0.717, 1.165) is 11.8 Å². The zero-order valence-corrected chi connectivity index (χ0v) is 24.0. The third-order valence-corrected chi connectivity index (χ3v) is 9.11. The number of aliphatic hydroxyl groups excluding tert-OH is 5. The lowest BCUT2D eigenvalue weighted by molar-refractivity contribution is -0.183. The molecule has 0 bridgehead atoms. The fourth-order valence-electron chi connectivity index (χ4n) is 5.47. The van der Waals surface area contributed by atoms with Crippen LogP contribution in [0.5, 0.6) is 0 Å². The van der Waals surface area contributed by atoms with E-state index in [0.29, 0.717) is 22.5 Å². The average Bonchev–Trinajstić information content (AvgIpc) is 3.68. The molecule has 0 saturated carbocycles. The maximum Gasteiger partial charge on any atom is 0.134 e. The van der Waals surface area contributed by atoms with Crippen molar-refractivity contribution in [1.82, 2.24) is 30.0 Å². The Labute approximate surface area is 253 Å². The monoisotopic (exact) mass is 632 g/mol. The number of ether oxygens (including phenoxy) is 2. The zero-order chi connectivity index (χ0) is 31.1. The second-order valence-electron chi connectivity index (χ2n) is 10.7. The van der Waals surface area contributed by atoms with Crippen LogP contribution in [0.15, 0.2) is 60.9 Å². The van der Waals surface area contributed by atoms with Gasteiger partial charge in [0.05, 0.1) is 25.1 Å². The van der Waals surface area contributed by atoms with Crippen LogP contribution in [0.2, 0.25) is 0 Å². The largest absolute Gasteiger partial charge is 0.394 e. The third kappa shape index (κ3) is 5.87. The van der Waals surface area contributed by atoms with Gasteiger partial charge in [-0.3, -0.25) is 0 Å². The quantitative estimate of drug-likeness (QED) is 0.195. The lowest BCUT2D eigenvalue weighted by Gasteiger charge is -2.45. The first-order chi connectivity index (χ1) is 21.1. The number of halogens is 2.